The summed E-state index contributed by atoms with van der Waals surface area (Å²) >= 11 is 0. The topological polar surface area (TPSA) is 80.5 Å². The number of carbonyl (C=O) groups is 1. The Morgan fingerprint density at radius 2 is 2.00 bits per heavy atom. The Labute approximate surface area is 157 Å². The lowest BCUT2D eigenvalue weighted by atomic mass is 10.2. The average Bonchev–Trinajstić information content (AvgIpc) is 3.20. The molecule has 3 atom stereocenters. The third-order valence-electron chi connectivity index (χ3n) is 4.35. The number of ether oxygens (including phenoxy) is 1. The van der Waals surface area contributed by atoms with Crippen molar-refractivity contribution < 1.29 is 31.5 Å². The van der Waals surface area contributed by atoms with Gasteiger partial charge in [0.25, 0.3) is 0 Å². The van der Waals surface area contributed by atoms with Crippen molar-refractivity contribution >= 4 is 11.9 Å². The molecule has 0 unspecified atom stereocenters. The molecular formula is C17H18F4N4O3. The molecular weight excluding hydrogens is 384 g/mol. The quantitative estimate of drug-likeness (QED) is 0.774. The normalized spacial score (nSPS) is 21.0. The SMILES string of the molecule is C[C@@H](Nc1nnc(-c2ccc(F)cc2)o1)C(=O)N1C[C@H](OC(F)(F)F)C[C@@H]1C. The second kappa shape index (κ2) is 7.74. The summed E-state index contributed by atoms with van der Waals surface area (Å²) in [7, 11) is 0. The van der Waals surface area contributed by atoms with E-state index in [9.17, 15) is 22.4 Å². The predicted octanol–water partition coefficient (Wildman–Crippen LogP) is 3.20. The molecule has 0 saturated carbocycles. The molecule has 152 valence electrons. The fourth-order valence-corrected chi connectivity index (χ4v) is 3.05. The van der Waals surface area contributed by atoms with E-state index in [1.807, 2.05) is 0 Å². The first-order valence-electron chi connectivity index (χ1n) is 8.53. The molecule has 1 fully saturated rings. The van der Waals surface area contributed by atoms with Gasteiger partial charge in [-0.25, -0.2) is 4.39 Å². The molecule has 0 spiro atoms. The summed E-state index contributed by atoms with van der Waals surface area (Å²) in [6, 6.07) is 4.17. The van der Waals surface area contributed by atoms with Gasteiger partial charge in [-0.2, -0.15) is 0 Å². The van der Waals surface area contributed by atoms with Crippen LogP contribution < -0.4 is 5.32 Å². The third-order valence-corrected chi connectivity index (χ3v) is 4.35. The highest BCUT2D eigenvalue weighted by molar-refractivity contribution is 5.84. The summed E-state index contributed by atoms with van der Waals surface area (Å²) in [5.41, 5.74) is 0.501. The van der Waals surface area contributed by atoms with Crippen LogP contribution in [0.4, 0.5) is 23.6 Å². The standard InChI is InChI=1S/C17H18F4N4O3/c1-9-7-13(28-17(19,20)21)8-25(9)15(26)10(2)22-16-24-23-14(27-16)11-3-5-12(18)6-4-11/h3-6,9-10,13H,7-8H2,1-2H3,(H,22,24)/t9-,10+,13+/m0/s1. The van der Waals surface area contributed by atoms with Crippen molar-refractivity contribution in [2.75, 3.05) is 11.9 Å². The smallest absolute Gasteiger partial charge is 0.403 e. The largest absolute Gasteiger partial charge is 0.522 e. The molecule has 1 saturated heterocycles. The van der Waals surface area contributed by atoms with Gasteiger partial charge in [-0.05, 0) is 44.5 Å². The second-order valence-electron chi connectivity index (χ2n) is 6.55. The fraction of sp³-hybridized carbons (Fsp3) is 0.471. The molecule has 7 nitrogen and oxygen atoms in total. The van der Waals surface area contributed by atoms with Gasteiger partial charge in [0.15, 0.2) is 0 Å². The molecule has 0 bridgehead atoms. The van der Waals surface area contributed by atoms with Crippen molar-refractivity contribution in [1.82, 2.24) is 15.1 Å². The van der Waals surface area contributed by atoms with Crippen molar-refractivity contribution in [3.63, 3.8) is 0 Å². The van der Waals surface area contributed by atoms with Gasteiger partial charge in [-0.15, -0.1) is 18.3 Å². The number of rotatable bonds is 5. The number of aromatic nitrogens is 2. The summed E-state index contributed by atoms with van der Waals surface area (Å²) in [6.45, 7) is 3.04. The van der Waals surface area contributed by atoms with Crippen molar-refractivity contribution in [3.05, 3.63) is 30.1 Å². The predicted molar refractivity (Wildman–Crippen MR) is 89.5 cm³/mol. The van der Waals surface area contributed by atoms with Gasteiger partial charge in [0.2, 0.25) is 11.8 Å². The first kappa shape index (κ1) is 20.1. The van der Waals surface area contributed by atoms with E-state index in [0.29, 0.717) is 5.56 Å². The van der Waals surface area contributed by atoms with Gasteiger partial charge in [0, 0.05) is 18.2 Å². The van der Waals surface area contributed by atoms with Gasteiger partial charge in [0.1, 0.15) is 11.9 Å². The first-order valence-corrected chi connectivity index (χ1v) is 8.53. The zero-order valence-electron chi connectivity index (χ0n) is 15.0. The molecule has 1 aliphatic heterocycles. The van der Waals surface area contributed by atoms with Gasteiger partial charge in [-0.1, -0.05) is 5.10 Å². The Morgan fingerprint density at radius 1 is 1.32 bits per heavy atom. The number of halogens is 4. The Kier molecular flexibility index (Phi) is 5.54. The molecule has 1 amide bonds. The van der Waals surface area contributed by atoms with Crippen LogP contribution in [0.1, 0.15) is 20.3 Å². The molecule has 3 rings (SSSR count). The number of alkyl halides is 3. The molecule has 11 heteroatoms. The lowest BCUT2D eigenvalue weighted by Crippen LogP contribution is -2.43. The maximum atomic E-state index is 13.0. The van der Waals surface area contributed by atoms with Crippen molar-refractivity contribution in [2.45, 2.75) is 44.8 Å². The monoisotopic (exact) mass is 402 g/mol. The van der Waals surface area contributed by atoms with Crippen molar-refractivity contribution in [2.24, 2.45) is 0 Å². The van der Waals surface area contributed by atoms with Gasteiger partial charge < -0.3 is 14.6 Å². The lowest BCUT2D eigenvalue weighted by molar-refractivity contribution is -0.340. The number of anilines is 1. The molecule has 1 aromatic heterocycles. The molecule has 0 aliphatic carbocycles. The molecule has 2 aromatic rings. The van der Waals surface area contributed by atoms with E-state index in [4.69, 9.17) is 4.42 Å². The highest BCUT2D eigenvalue weighted by atomic mass is 19.4. The summed E-state index contributed by atoms with van der Waals surface area (Å²) < 4.78 is 59.6. The average molecular weight is 402 g/mol. The number of benzene rings is 1. The van der Waals surface area contributed by atoms with Gasteiger partial charge >= 0.3 is 12.4 Å². The zero-order chi connectivity index (χ0) is 20.5. The molecule has 1 N–H and O–H groups in total. The number of nitrogens with one attached hydrogen (secondary N) is 1. The van der Waals surface area contributed by atoms with Crippen molar-refractivity contribution in [3.8, 4) is 11.5 Å². The maximum Gasteiger partial charge on any atom is 0.522 e. The number of hydrogen-bond donors (Lipinski definition) is 1. The first-order chi connectivity index (χ1) is 13.1. The van der Waals surface area contributed by atoms with Crippen LogP contribution in [-0.4, -0.2) is 52.1 Å². The van der Waals surface area contributed by atoms with Crippen LogP contribution in [0.25, 0.3) is 11.5 Å². The van der Waals surface area contributed by atoms with Gasteiger partial charge in [-0.3, -0.25) is 9.53 Å². The maximum absolute atomic E-state index is 13.0. The van der Waals surface area contributed by atoms with E-state index in [0.717, 1.165) is 0 Å². The van der Waals surface area contributed by atoms with E-state index in [1.54, 1.807) is 6.92 Å². The minimum absolute atomic E-state index is 0.0323. The Hall–Kier alpha value is -2.69. The Bertz CT molecular complexity index is 825. The van der Waals surface area contributed by atoms with Crippen molar-refractivity contribution in [1.29, 1.82) is 0 Å². The zero-order valence-corrected chi connectivity index (χ0v) is 15.0. The van der Waals surface area contributed by atoms with E-state index in [2.05, 4.69) is 20.3 Å². The van der Waals surface area contributed by atoms with Crippen LogP contribution in [-0.2, 0) is 9.53 Å². The highest BCUT2D eigenvalue weighted by Gasteiger charge is 2.41. The molecule has 1 aromatic carbocycles. The minimum Gasteiger partial charge on any atom is -0.403 e. The Morgan fingerprint density at radius 3 is 2.64 bits per heavy atom. The van der Waals surface area contributed by atoms with Gasteiger partial charge in [0.05, 0.1) is 6.10 Å². The van der Waals surface area contributed by atoms with Crippen LogP contribution in [0.3, 0.4) is 0 Å². The number of carbonyl (C=O) groups excluding carboxylic acids is 1. The number of likely N-dealkylation sites (tertiary alicyclic amines) is 1. The van der Waals surface area contributed by atoms with Crippen LogP contribution in [0.2, 0.25) is 0 Å². The van der Waals surface area contributed by atoms with Crippen LogP contribution in [0.5, 0.6) is 0 Å². The number of nitrogens with zero attached hydrogens (tertiary/aromatic N) is 3. The van der Waals surface area contributed by atoms with Crippen LogP contribution >= 0.6 is 0 Å². The number of amides is 1. The summed E-state index contributed by atoms with van der Waals surface area (Å²) in [6.07, 6.45) is -5.75. The van der Waals surface area contributed by atoms with E-state index in [-0.39, 0.29) is 24.9 Å². The highest BCUT2D eigenvalue weighted by Crippen LogP contribution is 2.28. The van der Waals surface area contributed by atoms with Crippen LogP contribution in [0.15, 0.2) is 28.7 Å². The van der Waals surface area contributed by atoms with Crippen LogP contribution in [0, 0.1) is 5.82 Å². The molecule has 0 radical (unpaired) electrons. The van der Waals surface area contributed by atoms with E-state index in [1.165, 1.54) is 36.1 Å². The molecule has 2 heterocycles. The van der Waals surface area contributed by atoms with E-state index >= 15 is 0 Å². The van der Waals surface area contributed by atoms with E-state index < -0.39 is 36.3 Å². The summed E-state index contributed by atoms with van der Waals surface area (Å²) in [4.78, 5) is 13.9. The number of hydrogen-bond acceptors (Lipinski definition) is 6. The minimum atomic E-state index is -4.74. The Balaban J connectivity index is 1.61. The summed E-state index contributed by atoms with van der Waals surface area (Å²) in [5.74, 6) is -0.689. The molecule has 28 heavy (non-hydrogen) atoms. The second-order valence-corrected chi connectivity index (χ2v) is 6.55. The summed E-state index contributed by atoms with van der Waals surface area (Å²) in [5, 5.41) is 10.3. The fourth-order valence-electron chi connectivity index (χ4n) is 3.05. The third kappa shape index (κ3) is 4.77. The molecule has 1 aliphatic rings. The lowest BCUT2D eigenvalue weighted by Gasteiger charge is -2.25.